The monoisotopic (exact) mass is 271 g/mol. The summed E-state index contributed by atoms with van der Waals surface area (Å²) in [5.41, 5.74) is 2.73. The Balaban J connectivity index is 1.65. The minimum atomic E-state index is 0.562. The minimum Gasteiger partial charge on any atom is -0.352 e. The van der Waals surface area contributed by atoms with Gasteiger partial charge in [0, 0.05) is 24.0 Å². The predicted molar refractivity (Wildman–Crippen MR) is 76.4 cm³/mol. The molecule has 0 unspecified atom stereocenters. The Hall–Kier alpha value is -2.08. The van der Waals surface area contributed by atoms with Crippen molar-refractivity contribution in [2.45, 2.75) is 13.3 Å². The van der Waals surface area contributed by atoms with Crippen molar-refractivity contribution in [3.8, 4) is 0 Å². The van der Waals surface area contributed by atoms with Gasteiger partial charge >= 0.3 is 0 Å². The Morgan fingerprint density at radius 3 is 2.74 bits per heavy atom. The summed E-state index contributed by atoms with van der Waals surface area (Å²) in [7, 11) is 0. The average molecular weight is 271 g/mol. The lowest BCUT2D eigenvalue weighted by Gasteiger charge is -2.03. The van der Waals surface area contributed by atoms with Crippen LogP contribution in [0.25, 0.3) is 11.0 Å². The minimum absolute atomic E-state index is 0.562. The summed E-state index contributed by atoms with van der Waals surface area (Å²) in [5.74, 6) is 0.562. The molecule has 2 aromatic heterocycles. The van der Waals surface area contributed by atoms with Gasteiger partial charge in [-0.25, -0.2) is 9.97 Å². The number of rotatable bonds is 4. The van der Waals surface area contributed by atoms with Gasteiger partial charge in [-0.15, -0.1) is 21.5 Å². The van der Waals surface area contributed by atoms with Crippen LogP contribution in [0.5, 0.6) is 0 Å². The number of para-hydroxylation sites is 1. The molecule has 1 N–H and O–H groups in total. The lowest BCUT2D eigenvalue weighted by molar-refractivity contribution is 0.939. The third-order valence-electron chi connectivity index (χ3n) is 2.65. The number of aromatic nitrogens is 4. The number of anilines is 1. The molecule has 6 heteroatoms. The molecule has 2 heterocycles. The molecule has 0 fully saturated rings. The zero-order valence-electron chi connectivity index (χ0n) is 10.5. The molecule has 0 saturated carbocycles. The molecule has 1 aromatic carbocycles. The van der Waals surface area contributed by atoms with E-state index in [9.17, 15) is 0 Å². The molecule has 96 valence electrons. The fourth-order valence-electron chi connectivity index (χ4n) is 1.75. The smallest absolute Gasteiger partial charge is 0.243 e. The molecule has 0 amide bonds. The largest absolute Gasteiger partial charge is 0.352 e. The van der Waals surface area contributed by atoms with Gasteiger partial charge in [0.15, 0.2) is 0 Å². The molecule has 0 aliphatic rings. The van der Waals surface area contributed by atoms with E-state index >= 15 is 0 Å². The van der Waals surface area contributed by atoms with E-state index in [1.165, 1.54) is 0 Å². The molecule has 0 atom stereocenters. The Kier molecular flexibility index (Phi) is 3.33. The van der Waals surface area contributed by atoms with Crippen molar-refractivity contribution in [3.05, 3.63) is 40.3 Å². The highest BCUT2D eigenvalue weighted by Gasteiger charge is 2.02. The van der Waals surface area contributed by atoms with Crippen LogP contribution in [-0.4, -0.2) is 26.7 Å². The van der Waals surface area contributed by atoms with Crippen molar-refractivity contribution in [1.82, 2.24) is 20.2 Å². The van der Waals surface area contributed by atoms with E-state index in [0.29, 0.717) is 5.95 Å². The maximum atomic E-state index is 4.41. The number of hydrogen-bond acceptors (Lipinski definition) is 6. The summed E-state index contributed by atoms with van der Waals surface area (Å²) in [6.45, 7) is 2.76. The Morgan fingerprint density at radius 2 is 1.95 bits per heavy atom. The van der Waals surface area contributed by atoms with E-state index in [-0.39, 0.29) is 0 Å². The second-order valence-electron chi connectivity index (χ2n) is 4.18. The van der Waals surface area contributed by atoms with Crippen LogP contribution in [0.3, 0.4) is 0 Å². The number of hydrogen-bond donors (Lipinski definition) is 1. The van der Waals surface area contributed by atoms with Gasteiger partial charge < -0.3 is 5.32 Å². The van der Waals surface area contributed by atoms with E-state index in [1.807, 2.05) is 31.2 Å². The summed E-state index contributed by atoms with van der Waals surface area (Å²) in [5, 5.41) is 14.5. The molecule has 0 aliphatic heterocycles. The number of fused-ring (bicyclic) bond motifs is 1. The molecular weight excluding hydrogens is 258 g/mol. The highest BCUT2D eigenvalue weighted by molar-refractivity contribution is 7.09. The maximum absolute atomic E-state index is 4.41. The molecule has 0 bridgehead atoms. The van der Waals surface area contributed by atoms with Crippen molar-refractivity contribution in [3.63, 3.8) is 0 Å². The molecule has 0 radical (unpaired) electrons. The van der Waals surface area contributed by atoms with Gasteiger partial charge in [0.05, 0.1) is 10.5 Å². The Bertz CT molecular complexity index is 694. The Morgan fingerprint density at radius 1 is 1.11 bits per heavy atom. The van der Waals surface area contributed by atoms with Crippen LogP contribution in [0.2, 0.25) is 0 Å². The molecule has 0 saturated heterocycles. The third-order valence-corrected chi connectivity index (χ3v) is 3.68. The number of thiazole rings is 1. The van der Waals surface area contributed by atoms with Gasteiger partial charge in [0.1, 0.15) is 5.52 Å². The quantitative estimate of drug-likeness (QED) is 0.789. The number of benzene rings is 1. The summed E-state index contributed by atoms with van der Waals surface area (Å²) in [6.07, 6.45) is 0.870. The van der Waals surface area contributed by atoms with Crippen LogP contribution >= 0.6 is 11.3 Å². The normalized spacial score (nSPS) is 10.8. The molecule has 19 heavy (non-hydrogen) atoms. The highest BCUT2D eigenvalue weighted by atomic mass is 32.1. The van der Waals surface area contributed by atoms with Crippen molar-refractivity contribution >= 4 is 28.3 Å². The number of nitrogens with one attached hydrogen (secondary N) is 1. The van der Waals surface area contributed by atoms with E-state index in [1.54, 1.807) is 11.3 Å². The Labute approximate surface area is 114 Å². The van der Waals surface area contributed by atoms with Crippen LogP contribution in [0.15, 0.2) is 29.6 Å². The maximum Gasteiger partial charge on any atom is 0.243 e. The predicted octanol–water partition coefficient (Wildman–Crippen LogP) is 2.44. The second kappa shape index (κ2) is 5.27. The SMILES string of the molecule is Cc1csc(CCNc2nnc3ccccc3n2)n1. The fourth-order valence-corrected chi connectivity index (χ4v) is 2.53. The van der Waals surface area contributed by atoms with Crippen LogP contribution in [0.4, 0.5) is 5.95 Å². The first-order chi connectivity index (χ1) is 9.31. The van der Waals surface area contributed by atoms with E-state index < -0.39 is 0 Å². The molecular formula is C13H13N5S. The summed E-state index contributed by atoms with van der Waals surface area (Å²) < 4.78 is 0. The number of nitrogens with zero attached hydrogens (tertiary/aromatic N) is 4. The lowest BCUT2D eigenvalue weighted by Crippen LogP contribution is -2.08. The second-order valence-corrected chi connectivity index (χ2v) is 5.13. The van der Waals surface area contributed by atoms with E-state index in [4.69, 9.17) is 0 Å². The van der Waals surface area contributed by atoms with Crippen LogP contribution < -0.4 is 5.32 Å². The summed E-state index contributed by atoms with van der Waals surface area (Å²) in [4.78, 5) is 8.82. The molecule has 3 aromatic rings. The van der Waals surface area contributed by atoms with E-state index in [0.717, 1.165) is 34.7 Å². The summed E-state index contributed by atoms with van der Waals surface area (Å²) in [6, 6.07) is 7.70. The molecule has 0 spiro atoms. The third kappa shape index (κ3) is 2.85. The summed E-state index contributed by atoms with van der Waals surface area (Å²) >= 11 is 1.68. The van der Waals surface area contributed by atoms with Gasteiger partial charge in [0.2, 0.25) is 5.95 Å². The van der Waals surface area contributed by atoms with Gasteiger partial charge in [-0.05, 0) is 19.1 Å². The van der Waals surface area contributed by atoms with Crippen LogP contribution in [-0.2, 0) is 6.42 Å². The topological polar surface area (TPSA) is 63.6 Å². The molecule has 5 nitrogen and oxygen atoms in total. The molecule has 3 rings (SSSR count). The zero-order valence-corrected chi connectivity index (χ0v) is 11.3. The highest BCUT2D eigenvalue weighted by Crippen LogP contribution is 2.11. The lowest BCUT2D eigenvalue weighted by atomic mass is 10.3. The van der Waals surface area contributed by atoms with Crippen molar-refractivity contribution in [2.24, 2.45) is 0 Å². The standard InChI is InChI=1S/C13H13N5S/c1-9-8-19-12(15-9)6-7-14-13-16-10-4-2-3-5-11(10)17-18-13/h2-5,8H,6-7H2,1H3,(H,14,16,18). The van der Waals surface area contributed by atoms with Gasteiger partial charge in [0.25, 0.3) is 0 Å². The van der Waals surface area contributed by atoms with Gasteiger partial charge in [-0.2, -0.15) is 0 Å². The van der Waals surface area contributed by atoms with E-state index in [2.05, 4.69) is 30.9 Å². The van der Waals surface area contributed by atoms with Crippen molar-refractivity contribution in [2.75, 3.05) is 11.9 Å². The zero-order chi connectivity index (χ0) is 13.1. The first kappa shape index (κ1) is 12.0. The van der Waals surface area contributed by atoms with Crippen molar-refractivity contribution < 1.29 is 0 Å². The fraction of sp³-hybridized carbons (Fsp3) is 0.231. The average Bonchev–Trinajstić information content (AvgIpc) is 2.84. The van der Waals surface area contributed by atoms with Gasteiger partial charge in [-0.3, -0.25) is 0 Å². The first-order valence-corrected chi connectivity index (χ1v) is 6.93. The van der Waals surface area contributed by atoms with Crippen LogP contribution in [0.1, 0.15) is 10.7 Å². The molecule has 0 aliphatic carbocycles. The van der Waals surface area contributed by atoms with Crippen molar-refractivity contribution in [1.29, 1.82) is 0 Å². The van der Waals surface area contributed by atoms with Gasteiger partial charge in [-0.1, -0.05) is 12.1 Å². The van der Waals surface area contributed by atoms with Crippen LogP contribution in [0, 0.1) is 6.92 Å². The number of aryl methyl sites for hydroxylation is 1. The first-order valence-electron chi connectivity index (χ1n) is 6.05.